The molecule has 0 spiro atoms. The van der Waals surface area contributed by atoms with Gasteiger partial charge in [0, 0.05) is 43.9 Å². The standard InChI is InChI=1S/C41H34O7S/c1-29(2)39(42)47-27-25-45-36-19-13-33(14-20-36)11-9-31-5-7-32(8-6-31)10-12-34-15-23-38(24-16-34)49-41(44)35-17-21-37(22-18-35)46-26-28-48-40(43)30(3)4/h5-8,13-24H,1,3,25-28H2,2,4H3. The van der Waals surface area contributed by atoms with E-state index in [1.54, 1.807) is 38.1 Å². The van der Waals surface area contributed by atoms with Gasteiger partial charge in [-0.3, -0.25) is 4.79 Å². The minimum Gasteiger partial charge on any atom is -0.490 e. The molecule has 0 aromatic heterocycles. The molecule has 7 nitrogen and oxygen atoms in total. The number of esters is 2. The second kappa shape index (κ2) is 18.4. The molecule has 0 bridgehead atoms. The fourth-order valence-corrected chi connectivity index (χ4v) is 4.59. The van der Waals surface area contributed by atoms with Crippen molar-refractivity contribution in [2.45, 2.75) is 18.7 Å². The molecule has 0 radical (unpaired) electrons. The second-order valence-corrected chi connectivity index (χ2v) is 11.6. The van der Waals surface area contributed by atoms with E-state index >= 15 is 0 Å². The molecular formula is C41H34O7S. The van der Waals surface area contributed by atoms with Crippen molar-refractivity contribution >= 4 is 28.8 Å². The van der Waals surface area contributed by atoms with Gasteiger partial charge < -0.3 is 18.9 Å². The number of rotatable bonds is 12. The van der Waals surface area contributed by atoms with Gasteiger partial charge in [0.2, 0.25) is 5.12 Å². The molecule has 0 fully saturated rings. The van der Waals surface area contributed by atoms with Crippen LogP contribution in [0.25, 0.3) is 0 Å². The Kier molecular flexibility index (Phi) is 13.5. The molecular weight excluding hydrogens is 637 g/mol. The molecule has 246 valence electrons. The molecule has 0 atom stereocenters. The van der Waals surface area contributed by atoms with Crippen LogP contribution in [0.3, 0.4) is 0 Å². The van der Waals surface area contributed by atoms with Gasteiger partial charge in [-0.15, -0.1) is 0 Å². The molecule has 4 aromatic rings. The lowest BCUT2D eigenvalue weighted by atomic mass is 10.1. The van der Waals surface area contributed by atoms with Crippen LogP contribution >= 0.6 is 11.8 Å². The highest BCUT2D eigenvalue weighted by Crippen LogP contribution is 2.24. The quantitative estimate of drug-likeness (QED) is 0.0506. The fraction of sp³-hybridized carbons (Fsp3) is 0.146. The summed E-state index contributed by atoms with van der Waals surface area (Å²) in [7, 11) is 0. The normalized spacial score (nSPS) is 9.92. The van der Waals surface area contributed by atoms with E-state index in [0.29, 0.717) is 28.2 Å². The third-order valence-corrected chi connectivity index (χ3v) is 7.39. The molecule has 0 aliphatic carbocycles. The van der Waals surface area contributed by atoms with Gasteiger partial charge in [-0.2, -0.15) is 0 Å². The van der Waals surface area contributed by atoms with Gasteiger partial charge >= 0.3 is 11.9 Å². The average Bonchev–Trinajstić information content (AvgIpc) is 3.11. The predicted molar refractivity (Wildman–Crippen MR) is 190 cm³/mol. The van der Waals surface area contributed by atoms with Gasteiger partial charge in [-0.1, -0.05) is 36.8 Å². The molecule has 0 amide bonds. The number of hydrogen-bond acceptors (Lipinski definition) is 8. The second-order valence-electron chi connectivity index (χ2n) is 10.6. The van der Waals surface area contributed by atoms with Crippen LogP contribution in [-0.2, 0) is 19.1 Å². The fourth-order valence-electron chi connectivity index (χ4n) is 3.85. The van der Waals surface area contributed by atoms with Crippen LogP contribution in [0.5, 0.6) is 11.5 Å². The summed E-state index contributed by atoms with van der Waals surface area (Å²) in [5.74, 6) is 13.0. The third-order valence-electron chi connectivity index (χ3n) is 6.46. The van der Waals surface area contributed by atoms with Crippen molar-refractivity contribution in [1.29, 1.82) is 0 Å². The van der Waals surface area contributed by atoms with Crippen LogP contribution in [-0.4, -0.2) is 43.5 Å². The molecule has 0 aliphatic rings. The lowest BCUT2D eigenvalue weighted by molar-refractivity contribution is -0.140. The van der Waals surface area contributed by atoms with Gasteiger partial charge in [-0.25, -0.2) is 9.59 Å². The van der Waals surface area contributed by atoms with Crippen molar-refractivity contribution in [1.82, 2.24) is 0 Å². The van der Waals surface area contributed by atoms with Gasteiger partial charge in [0.25, 0.3) is 0 Å². The Hall–Kier alpha value is -5.96. The zero-order chi connectivity index (χ0) is 35.0. The molecule has 0 saturated carbocycles. The molecule has 4 rings (SSSR count). The minimum atomic E-state index is -0.457. The lowest BCUT2D eigenvalue weighted by Gasteiger charge is -2.08. The topological polar surface area (TPSA) is 88.1 Å². The van der Waals surface area contributed by atoms with E-state index in [1.807, 2.05) is 72.8 Å². The summed E-state index contributed by atoms with van der Waals surface area (Å²) in [4.78, 5) is 36.4. The first kappa shape index (κ1) is 35.9. The number of benzene rings is 4. The van der Waals surface area contributed by atoms with Crippen molar-refractivity contribution < 1.29 is 33.3 Å². The Morgan fingerprint density at radius 2 is 0.878 bits per heavy atom. The zero-order valence-electron chi connectivity index (χ0n) is 27.2. The van der Waals surface area contributed by atoms with Crippen molar-refractivity contribution in [2.24, 2.45) is 0 Å². The third kappa shape index (κ3) is 12.3. The summed E-state index contributed by atoms with van der Waals surface area (Å²) in [6.07, 6.45) is 0. The van der Waals surface area contributed by atoms with Crippen molar-refractivity contribution in [3.05, 3.63) is 149 Å². The largest absolute Gasteiger partial charge is 0.490 e. The Labute approximate surface area is 290 Å². The molecule has 4 aromatic carbocycles. The summed E-state index contributed by atoms with van der Waals surface area (Å²) < 4.78 is 21.2. The molecule has 8 heteroatoms. The Morgan fingerprint density at radius 3 is 1.27 bits per heavy atom. The predicted octanol–water partition coefficient (Wildman–Crippen LogP) is 7.41. The van der Waals surface area contributed by atoms with Crippen molar-refractivity contribution in [2.75, 3.05) is 26.4 Å². The summed E-state index contributed by atoms with van der Waals surface area (Å²) in [5.41, 5.74) is 4.62. The van der Waals surface area contributed by atoms with Crippen LogP contribution in [0, 0.1) is 23.7 Å². The Bertz CT molecular complexity index is 1920. The summed E-state index contributed by atoms with van der Waals surface area (Å²) in [6.45, 7) is 11.0. The van der Waals surface area contributed by atoms with Crippen LogP contribution in [0.15, 0.2) is 126 Å². The van der Waals surface area contributed by atoms with Gasteiger partial charge in [0.1, 0.15) is 37.9 Å². The van der Waals surface area contributed by atoms with E-state index in [1.165, 1.54) is 0 Å². The van der Waals surface area contributed by atoms with E-state index in [2.05, 4.69) is 36.8 Å². The van der Waals surface area contributed by atoms with Gasteiger partial charge in [0.15, 0.2) is 0 Å². The summed E-state index contributed by atoms with van der Waals surface area (Å²) in [5, 5.41) is -0.0919. The maximum Gasteiger partial charge on any atom is 0.333 e. The van der Waals surface area contributed by atoms with E-state index in [9.17, 15) is 14.4 Å². The zero-order valence-corrected chi connectivity index (χ0v) is 28.1. The number of thioether (sulfide) groups is 1. The maximum absolute atomic E-state index is 12.8. The molecule has 0 aliphatic heterocycles. The Morgan fingerprint density at radius 1 is 0.531 bits per heavy atom. The number of carbonyl (C=O) groups excluding carboxylic acids is 3. The first-order valence-corrected chi connectivity index (χ1v) is 16.1. The molecule has 49 heavy (non-hydrogen) atoms. The van der Waals surface area contributed by atoms with E-state index < -0.39 is 11.9 Å². The summed E-state index contributed by atoms with van der Waals surface area (Å²) >= 11 is 1.13. The van der Waals surface area contributed by atoms with E-state index in [4.69, 9.17) is 18.9 Å². The van der Waals surface area contributed by atoms with Crippen LogP contribution in [0.1, 0.15) is 46.5 Å². The highest BCUT2D eigenvalue weighted by molar-refractivity contribution is 8.14. The first-order valence-electron chi connectivity index (χ1n) is 15.2. The lowest BCUT2D eigenvalue weighted by Crippen LogP contribution is -2.12. The van der Waals surface area contributed by atoms with E-state index in [0.717, 1.165) is 38.9 Å². The SMILES string of the molecule is C=C(C)C(=O)OCCOc1ccc(C#Cc2ccc(C#Cc3ccc(SC(=O)c4ccc(OCCOC(=O)C(=C)C)cc4)cc3)cc2)cc1. The van der Waals surface area contributed by atoms with Crippen LogP contribution < -0.4 is 9.47 Å². The summed E-state index contributed by atoms with van der Waals surface area (Å²) in [6, 6.07) is 29.4. The maximum atomic E-state index is 12.8. The van der Waals surface area contributed by atoms with Crippen molar-refractivity contribution in [3.63, 3.8) is 0 Å². The van der Waals surface area contributed by atoms with Crippen molar-refractivity contribution in [3.8, 4) is 35.2 Å². The number of ether oxygens (including phenoxy) is 4. The van der Waals surface area contributed by atoms with Crippen LogP contribution in [0.4, 0.5) is 0 Å². The smallest absolute Gasteiger partial charge is 0.333 e. The highest BCUT2D eigenvalue weighted by Gasteiger charge is 2.09. The number of hydrogen-bond donors (Lipinski definition) is 0. The molecule has 0 saturated heterocycles. The average molecular weight is 671 g/mol. The molecule has 0 heterocycles. The Balaban J connectivity index is 1.22. The monoisotopic (exact) mass is 670 g/mol. The minimum absolute atomic E-state index is 0.0919. The van der Waals surface area contributed by atoms with Crippen LogP contribution in [0.2, 0.25) is 0 Å². The first-order chi connectivity index (χ1) is 23.7. The number of carbonyl (C=O) groups is 3. The molecule has 0 N–H and O–H groups in total. The van der Waals surface area contributed by atoms with E-state index in [-0.39, 0.29) is 31.5 Å². The highest BCUT2D eigenvalue weighted by atomic mass is 32.2. The van der Waals surface area contributed by atoms with Gasteiger partial charge in [-0.05, 0) is 123 Å². The molecule has 0 unspecified atom stereocenters. The van der Waals surface area contributed by atoms with Gasteiger partial charge in [0.05, 0.1) is 0 Å².